The first-order valence-electron chi connectivity index (χ1n) is 8.97. The first-order chi connectivity index (χ1) is 13.7. The van der Waals surface area contributed by atoms with Gasteiger partial charge in [-0.1, -0.05) is 18.9 Å². The Morgan fingerprint density at radius 1 is 1.38 bits per heavy atom. The summed E-state index contributed by atoms with van der Waals surface area (Å²) in [5, 5.41) is 9.87. The van der Waals surface area contributed by atoms with Crippen LogP contribution in [0.25, 0.3) is 0 Å². The number of aryl methyl sites for hydroxylation is 2. The number of methoxy groups -OCH3 is 1. The molecule has 0 aliphatic carbocycles. The fraction of sp³-hybridized carbons (Fsp3) is 0.286. The summed E-state index contributed by atoms with van der Waals surface area (Å²) in [6.45, 7) is 1.88. The van der Waals surface area contributed by atoms with Crippen LogP contribution in [0, 0.1) is 18.2 Å². The molecule has 0 fully saturated rings. The van der Waals surface area contributed by atoms with Crippen LogP contribution in [0.4, 0.5) is 10.1 Å². The molecule has 6 nitrogen and oxygen atoms in total. The molecule has 2 aromatic carbocycles. The number of fused-ring (bicyclic) bond motifs is 1. The Hall–Kier alpha value is -3.05. The first kappa shape index (κ1) is 20.7. The molecule has 3 rings (SSSR count). The minimum Gasteiger partial charge on any atom is -0.507 e. The van der Waals surface area contributed by atoms with Crippen molar-refractivity contribution in [1.82, 2.24) is 0 Å². The standard InChI is InChI=1S/C21H20FNO5S/c1-4-13-10-14-6-7-15(5-2)23(20(14)18(22)11-13)29(26,27)16-8-9-19(24)17(12-16)21(25)28-3/h2,8-12,15,24H,4,6-7H2,1,3H3/t15-/m0/s1. The summed E-state index contributed by atoms with van der Waals surface area (Å²) in [5.74, 6) is 0.428. The number of halogens is 1. The number of rotatable bonds is 4. The SMILES string of the molecule is C#C[C@H]1CCc2cc(CC)cc(F)c2N1S(=O)(=O)c1ccc(O)c(C(=O)OC)c1. The first-order valence-corrected chi connectivity index (χ1v) is 10.4. The van der Waals surface area contributed by atoms with Gasteiger partial charge in [-0.15, -0.1) is 6.42 Å². The van der Waals surface area contributed by atoms with Crippen LogP contribution in [0.5, 0.6) is 5.75 Å². The van der Waals surface area contributed by atoms with Gasteiger partial charge >= 0.3 is 5.97 Å². The van der Waals surface area contributed by atoms with Crippen LogP contribution >= 0.6 is 0 Å². The Morgan fingerprint density at radius 3 is 2.72 bits per heavy atom. The van der Waals surface area contributed by atoms with Gasteiger partial charge in [-0.25, -0.2) is 21.9 Å². The van der Waals surface area contributed by atoms with E-state index >= 15 is 0 Å². The highest BCUT2D eigenvalue weighted by atomic mass is 32.2. The predicted octanol–water partition coefficient (Wildman–Crippen LogP) is 3.02. The van der Waals surface area contributed by atoms with E-state index in [4.69, 9.17) is 6.42 Å². The zero-order valence-corrected chi connectivity index (χ0v) is 16.8. The average molecular weight is 417 g/mol. The van der Waals surface area contributed by atoms with Crippen LogP contribution in [-0.4, -0.2) is 32.6 Å². The molecule has 152 valence electrons. The molecule has 1 aliphatic heterocycles. The molecule has 0 radical (unpaired) electrons. The maximum absolute atomic E-state index is 15.0. The lowest BCUT2D eigenvalue weighted by Gasteiger charge is -2.35. The summed E-state index contributed by atoms with van der Waals surface area (Å²) < 4.78 is 47.3. The highest BCUT2D eigenvalue weighted by Gasteiger charge is 2.38. The van der Waals surface area contributed by atoms with Gasteiger partial charge in [0.1, 0.15) is 23.2 Å². The molecular weight excluding hydrogens is 397 g/mol. The van der Waals surface area contributed by atoms with Gasteiger partial charge in [-0.05, 0) is 54.7 Å². The maximum Gasteiger partial charge on any atom is 0.341 e. The Balaban J connectivity index is 2.21. The number of esters is 1. The second-order valence-electron chi connectivity index (χ2n) is 6.63. The average Bonchev–Trinajstić information content (AvgIpc) is 2.72. The molecule has 0 spiro atoms. The van der Waals surface area contributed by atoms with E-state index in [2.05, 4.69) is 10.7 Å². The zero-order valence-electron chi connectivity index (χ0n) is 16.0. The van der Waals surface area contributed by atoms with Gasteiger partial charge in [-0.2, -0.15) is 0 Å². The fourth-order valence-corrected chi connectivity index (χ4v) is 5.11. The van der Waals surface area contributed by atoms with Gasteiger partial charge < -0.3 is 9.84 Å². The number of ether oxygens (including phenoxy) is 1. The number of carbonyl (C=O) groups excluding carboxylic acids is 1. The number of benzene rings is 2. The highest BCUT2D eigenvalue weighted by Crippen LogP contribution is 2.38. The predicted molar refractivity (Wildman–Crippen MR) is 106 cm³/mol. The number of phenols is 1. The Labute approximate surface area is 169 Å². The van der Waals surface area contributed by atoms with Crippen molar-refractivity contribution in [3.8, 4) is 18.1 Å². The second kappa shape index (κ2) is 7.76. The smallest absolute Gasteiger partial charge is 0.341 e. The summed E-state index contributed by atoms with van der Waals surface area (Å²) in [5.41, 5.74) is 0.924. The topological polar surface area (TPSA) is 83.9 Å². The molecule has 1 heterocycles. The quantitative estimate of drug-likeness (QED) is 0.611. The Morgan fingerprint density at radius 2 is 2.10 bits per heavy atom. The van der Waals surface area contributed by atoms with Crippen molar-refractivity contribution in [2.45, 2.75) is 37.1 Å². The van der Waals surface area contributed by atoms with Gasteiger partial charge in [0.2, 0.25) is 0 Å². The number of hydrogen-bond donors (Lipinski definition) is 1. The van der Waals surface area contributed by atoms with E-state index in [-0.39, 0.29) is 16.1 Å². The maximum atomic E-state index is 15.0. The number of sulfonamides is 1. The molecule has 2 aromatic rings. The number of anilines is 1. The van der Waals surface area contributed by atoms with E-state index in [1.165, 1.54) is 6.07 Å². The molecule has 0 bridgehead atoms. The van der Waals surface area contributed by atoms with E-state index < -0.39 is 33.6 Å². The van der Waals surface area contributed by atoms with E-state index in [1.54, 1.807) is 6.07 Å². The van der Waals surface area contributed by atoms with Crippen molar-refractivity contribution >= 4 is 21.7 Å². The lowest BCUT2D eigenvalue weighted by molar-refractivity contribution is 0.0597. The lowest BCUT2D eigenvalue weighted by Crippen LogP contribution is -2.43. The van der Waals surface area contributed by atoms with Crippen LogP contribution in [0.2, 0.25) is 0 Å². The van der Waals surface area contributed by atoms with Crippen molar-refractivity contribution in [3.05, 3.63) is 52.8 Å². The zero-order chi connectivity index (χ0) is 21.3. The second-order valence-corrected chi connectivity index (χ2v) is 8.45. The van der Waals surface area contributed by atoms with E-state index in [9.17, 15) is 22.7 Å². The number of phenolic OH excluding ortho intramolecular Hbond substituents is 1. The van der Waals surface area contributed by atoms with Crippen molar-refractivity contribution in [2.24, 2.45) is 0 Å². The van der Waals surface area contributed by atoms with Crippen LogP contribution in [0.1, 0.15) is 34.8 Å². The largest absolute Gasteiger partial charge is 0.507 e. The molecule has 29 heavy (non-hydrogen) atoms. The van der Waals surface area contributed by atoms with Gasteiger partial charge in [0.15, 0.2) is 0 Å². The molecule has 0 aromatic heterocycles. The van der Waals surface area contributed by atoms with Crippen LogP contribution in [0.15, 0.2) is 35.2 Å². The van der Waals surface area contributed by atoms with Crippen molar-refractivity contribution in [2.75, 3.05) is 11.4 Å². The molecule has 1 aliphatic rings. The normalized spacial score (nSPS) is 16.1. The summed E-state index contributed by atoms with van der Waals surface area (Å²) in [7, 11) is -3.22. The summed E-state index contributed by atoms with van der Waals surface area (Å²) in [4.78, 5) is 11.5. The van der Waals surface area contributed by atoms with Crippen molar-refractivity contribution < 1.29 is 27.4 Å². The van der Waals surface area contributed by atoms with Gasteiger partial charge in [0, 0.05) is 0 Å². The van der Waals surface area contributed by atoms with Gasteiger partial charge in [0.05, 0.1) is 17.7 Å². The third kappa shape index (κ3) is 3.54. The van der Waals surface area contributed by atoms with Crippen LogP contribution in [0.3, 0.4) is 0 Å². The number of carbonyl (C=O) groups is 1. The minimum atomic E-state index is -4.33. The number of terminal acetylenes is 1. The van der Waals surface area contributed by atoms with Gasteiger partial charge in [0.25, 0.3) is 10.0 Å². The molecular formula is C21H20FNO5S. The van der Waals surface area contributed by atoms with E-state index in [0.717, 1.165) is 35.2 Å². The third-order valence-corrected chi connectivity index (χ3v) is 6.73. The molecule has 0 saturated heterocycles. The van der Waals surface area contributed by atoms with Crippen LogP contribution in [-0.2, 0) is 27.6 Å². The summed E-state index contributed by atoms with van der Waals surface area (Å²) in [6, 6.07) is 5.41. The molecule has 1 N–H and O–H groups in total. The lowest BCUT2D eigenvalue weighted by atomic mass is 9.95. The van der Waals surface area contributed by atoms with E-state index in [0.29, 0.717) is 24.8 Å². The van der Waals surface area contributed by atoms with Gasteiger partial charge in [-0.3, -0.25) is 0 Å². The van der Waals surface area contributed by atoms with Crippen LogP contribution < -0.4 is 4.31 Å². The summed E-state index contributed by atoms with van der Waals surface area (Å²) in [6.07, 6.45) is 6.95. The molecule has 0 unspecified atom stereocenters. The number of hydrogen-bond acceptors (Lipinski definition) is 5. The number of aromatic hydroxyl groups is 1. The highest BCUT2D eigenvalue weighted by molar-refractivity contribution is 7.92. The fourth-order valence-electron chi connectivity index (χ4n) is 3.43. The molecule has 0 saturated carbocycles. The number of nitrogens with zero attached hydrogens (tertiary/aromatic N) is 1. The monoisotopic (exact) mass is 417 g/mol. The van der Waals surface area contributed by atoms with Crippen molar-refractivity contribution in [3.63, 3.8) is 0 Å². The Bertz CT molecular complexity index is 1120. The van der Waals surface area contributed by atoms with E-state index in [1.807, 2.05) is 6.92 Å². The third-order valence-electron chi connectivity index (χ3n) is 4.92. The Kier molecular flexibility index (Phi) is 5.53. The van der Waals surface area contributed by atoms with Crippen molar-refractivity contribution in [1.29, 1.82) is 0 Å². The minimum absolute atomic E-state index is 0.0795. The summed E-state index contributed by atoms with van der Waals surface area (Å²) >= 11 is 0. The molecule has 1 atom stereocenters. The molecule has 8 heteroatoms. The molecule has 0 amide bonds.